The van der Waals surface area contributed by atoms with E-state index in [4.69, 9.17) is 4.52 Å². The van der Waals surface area contributed by atoms with Crippen molar-refractivity contribution in [1.29, 1.82) is 0 Å². The molecule has 6 nitrogen and oxygen atoms in total. The fourth-order valence-corrected chi connectivity index (χ4v) is 2.73. The molecule has 0 aliphatic carbocycles. The fraction of sp³-hybridized carbons (Fsp3) is 0.733. The fourth-order valence-electron chi connectivity index (χ4n) is 2.73. The molecule has 0 unspecified atom stereocenters. The first-order valence-electron chi connectivity index (χ1n) is 7.61. The van der Waals surface area contributed by atoms with Gasteiger partial charge in [-0.3, -0.25) is 9.69 Å². The standard InChI is InChI=1S/C15H26N4O2/c1-5-16-15(3,4)14(20)19-8-6-18(7-9-19)11-13-10-12(2)17-21-13/h10,16H,5-9,11H2,1-4H3. The topological polar surface area (TPSA) is 61.6 Å². The molecule has 0 bridgehead atoms. The Balaban J connectivity index is 1.84. The molecule has 6 heteroatoms. The normalized spacial score (nSPS) is 17.2. The van der Waals surface area contributed by atoms with Crippen molar-refractivity contribution in [2.75, 3.05) is 32.7 Å². The van der Waals surface area contributed by atoms with Crippen molar-refractivity contribution >= 4 is 5.91 Å². The van der Waals surface area contributed by atoms with Crippen molar-refractivity contribution < 1.29 is 9.32 Å². The molecule has 0 spiro atoms. The van der Waals surface area contributed by atoms with Gasteiger partial charge >= 0.3 is 0 Å². The summed E-state index contributed by atoms with van der Waals surface area (Å²) in [6.07, 6.45) is 0. The van der Waals surface area contributed by atoms with Gasteiger partial charge in [-0.25, -0.2) is 0 Å². The molecule has 1 N–H and O–H groups in total. The minimum Gasteiger partial charge on any atom is -0.360 e. The summed E-state index contributed by atoms with van der Waals surface area (Å²) in [5.41, 5.74) is 0.421. The SMILES string of the molecule is CCNC(C)(C)C(=O)N1CCN(Cc2cc(C)no2)CC1. The number of hydrogen-bond donors (Lipinski definition) is 1. The van der Waals surface area contributed by atoms with Gasteiger partial charge in [0.05, 0.1) is 17.8 Å². The number of nitrogens with one attached hydrogen (secondary N) is 1. The molecule has 1 aliphatic rings. The number of likely N-dealkylation sites (N-methyl/N-ethyl adjacent to an activating group) is 1. The molecule has 1 aromatic heterocycles. The van der Waals surface area contributed by atoms with E-state index in [-0.39, 0.29) is 5.91 Å². The lowest BCUT2D eigenvalue weighted by Crippen LogP contribution is -2.58. The van der Waals surface area contributed by atoms with Gasteiger partial charge in [-0.2, -0.15) is 0 Å². The Morgan fingerprint density at radius 3 is 2.57 bits per heavy atom. The molecule has 118 valence electrons. The lowest BCUT2D eigenvalue weighted by atomic mass is 10.0. The summed E-state index contributed by atoms with van der Waals surface area (Å²) in [6, 6.07) is 1.96. The highest BCUT2D eigenvalue weighted by molar-refractivity contribution is 5.85. The predicted molar refractivity (Wildman–Crippen MR) is 80.9 cm³/mol. The molecule has 1 saturated heterocycles. The number of piperazine rings is 1. The van der Waals surface area contributed by atoms with Crippen LogP contribution < -0.4 is 5.32 Å². The van der Waals surface area contributed by atoms with Gasteiger partial charge in [0, 0.05) is 32.2 Å². The van der Waals surface area contributed by atoms with E-state index in [2.05, 4.69) is 15.4 Å². The highest BCUT2D eigenvalue weighted by atomic mass is 16.5. The van der Waals surface area contributed by atoms with E-state index in [1.165, 1.54) is 0 Å². The zero-order chi connectivity index (χ0) is 15.5. The zero-order valence-corrected chi connectivity index (χ0v) is 13.5. The largest absolute Gasteiger partial charge is 0.360 e. The summed E-state index contributed by atoms with van der Waals surface area (Å²) in [5.74, 6) is 1.07. The number of carbonyl (C=O) groups excluding carboxylic acids is 1. The maximum atomic E-state index is 12.5. The van der Waals surface area contributed by atoms with Crippen LogP contribution in [0.2, 0.25) is 0 Å². The van der Waals surface area contributed by atoms with Crippen molar-refractivity contribution in [1.82, 2.24) is 20.3 Å². The van der Waals surface area contributed by atoms with E-state index in [0.717, 1.165) is 50.7 Å². The zero-order valence-electron chi connectivity index (χ0n) is 13.5. The number of aromatic nitrogens is 1. The monoisotopic (exact) mass is 294 g/mol. The third-order valence-electron chi connectivity index (χ3n) is 3.87. The van der Waals surface area contributed by atoms with Crippen molar-refractivity contribution in [2.24, 2.45) is 0 Å². The number of nitrogens with zero attached hydrogens (tertiary/aromatic N) is 3. The summed E-state index contributed by atoms with van der Waals surface area (Å²) in [5, 5.41) is 7.15. The van der Waals surface area contributed by atoms with E-state index in [1.54, 1.807) is 0 Å². The van der Waals surface area contributed by atoms with Crippen LogP contribution in [0.15, 0.2) is 10.6 Å². The molecule has 0 aromatic carbocycles. The second kappa shape index (κ2) is 6.58. The molecular weight excluding hydrogens is 268 g/mol. The molecule has 1 amide bonds. The van der Waals surface area contributed by atoms with Crippen LogP contribution in [0, 0.1) is 6.92 Å². The van der Waals surface area contributed by atoms with Crippen LogP contribution in [-0.2, 0) is 11.3 Å². The highest BCUT2D eigenvalue weighted by Crippen LogP contribution is 2.13. The molecule has 2 rings (SSSR count). The number of amides is 1. The van der Waals surface area contributed by atoms with Gasteiger partial charge in [-0.1, -0.05) is 12.1 Å². The Labute approximate surface area is 126 Å². The molecule has 0 saturated carbocycles. The number of aryl methyl sites for hydroxylation is 1. The molecule has 1 fully saturated rings. The third kappa shape index (κ3) is 4.04. The number of hydrogen-bond acceptors (Lipinski definition) is 5. The lowest BCUT2D eigenvalue weighted by Gasteiger charge is -2.38. The van der Waals surface area contributed by atoms with E-state index >= 15 is 0 Å². The van der Waals surface area contributed by atoms with Crippen LogP contribution in [0.4, 0.5) is 0 Å². The first kappa shape index (κ1) is 16.0. The van der Waals surface area contributed by atoms with Crippen LogP contribution in [0.5, 0.6) is 0 Å². The first-order valence-corrected chi connectivity index (χ1v) is 7.61. The minimum atomic E-state index is -0.487. The molecule has 1 aromatic rings. The summed E-state index contributed by atoms with van der Waals surface area (Å²) in [4.78, 5) is 16.7. The first-order chi connectivity index (χ1) is 9.92. The second-order valence-electron chi connectivity index (χ2n) is 6.16. The average Bonchev–Trinajstić information content (AvgIpc) is 2.84. The smallest absolute Gasteiger partial charge is 0.242 e. The third-order valence-corrected chi connectivity index (χ3v) is 3.87. The summed E-state index contributed by atoms with van der Waals surface area (Å²) < 4.78 is 5.25. The maximum Gasteiger partial charge on any atom is 0.242 e. The van der Waals surface area contributed by atoms with Crippen LogP contribution in [0.3, 0.4) is 0 Å². The Hall–Kier alpha value is -1.40. The van der Waals surface area contributed by atoms with E-state index in [9.17, 15) is 4.79 Å². The molecule has 0 radical (unpaired) electrons. The van der Waals surface area contributed by atoms with E-state index in [1.807, 2.05) is 38.7 Å². The molecular formula is C15H26N4O2. The Morgan fingerprint density at radius 1 is 1.38 bits per heavy atom. The molecule has 21 heavy (non-hydrogen) atoms. The lowest BCUT2D eigenvalue weighted by molar-refractivity contribution is -0.139. The van der Waals surface area contributed by atoms with Gasteiger partial charge in [-0.05, 0) is 27.3 Å². The van der Waals surface area contributed by atoms with Gasteiger partial charge in [0.25, 0.3) is 0 Å². The summed E-state index contributed by atoms with van der Waals surface area (Å²) in [6.45, 7) is 12.7. The second-order valence-corrected chi connectivity index (χ2v) is 6.16. The van der Waals surface area contributed by atoms with E-state index in [0.29, 0.717) is 0 Å². The van der Waals surface area contributed by atoms with Gasteiger partial charge in [0.2, 0.25) is 5.91 Å². The van der Waals surface area contributed by atoms with Crippen LogP contribution in [0.25, 0.3) is 0 Å². The molecule has 1 aliphatic heterocycles. The van der Waals surface area contributed by atoms with Gasteiger partial charge < -0.3 is 14.7 Å². The molecule has 2 heterocycles. The Morgan fingerprint density at radius 2 is 2.05 bits per heavy atom. The summed E-state index contributed by atoms with van der Waals surface area (Å²) in [7, 11) is 0. The van der Waals surface area contributed by atoms with Gasteiger partial charge in [0.1, 0.15) is 0 Å². The Bertz CT molecular complexity index is 476. The molecule has 0 atom stereocenters. The van der Waals surface area contributed by atoms with Crippen molar-refractivity contribution in [3.63, 3.8) is 0 Å². The van der Waals surface area contributed by atoms with E-state index < -0.39 is 5.54 Å². The minimum absolute atomic E-state index is 0.180. The predicted octanol–water partition coefficient (Wildman–Crippen LogP) is 1.02. The van der Waals surface area contributed by atoms with Crippen LogP contribution in [-0.4, -0.2) is 59.1 Å². The highest BCUT2D eigenvalue weighted by Gasteiger charge is 2.32. The van der Waals surface area contributed by atoms with Crippen molar-refractivity contribution in [3.05, 3.63) is 17.5 Å². The van der Waals surface area contributed by atoms with Gasteiger partial charge in [0.15, 0.2) is 5.76 Å². The average molecular weight is 294 g/mol. The number of carbonyl (C=O) groups is 1. The quantitative estimate of drug-likeness (QED) is 0.878. The van der Waals surface area contributed by atoms with Crippen LogP contribution in [0.1, 0.15) is 32.2 Å². The maximum absolute atomic E-state index is 12.5. The van der Waals surface area contributed by atoms with Crippen molar-refractivity contribution in [3.8, 4) is 0 Å². The van der Waals surface area contributed by atoms with Crippen molar-refractivity contribution in [2.45, 2.75) is 39.8 Å². The number of rotatable bonds is 5. The Kier molecular flexibility index (Phi) is 5.00. The summed E-state index contributed by atoms with van der Waals surface area (Å²) >= 11 is 0. The van der Waals surface area contributed by atoms with Crippen LogP contribution >= 0.6 is 0 Å². The van der Waals surface area contributed by atoms with Gasteiger partial charge in [-0.15, -0.1) is 0 Å².